The SMILES string of the molecule is Cn1ncc(C(=O)OCc2cccn(C)c2=O)c1C(F)F. The Labute approximate surface area is 118 Å². The summed E-state index contributed by atoms with van der Waals surface area (Å²) < 4.78 is 32.8. The zero-order valence-corrected chi connectivity index (χ0v) is 11.4. The fourth-order valence-electron chi connectivity index (χ4n) is 1.85. The van der Waals surface area contributed by atoms with Crippen molar-refractivity contribution >= 4 is 5.97 Å². The van der Waals surface area contributed by atoms with Crippen LogP contribution in [0.25, 0.3) is 0 Å². The van der Waals surface area contributed by atoms with Gasteiger partial charge in [0.25, 0.3) is 12.0 Å². The lowest BCUT2D eigenvalue weighted by Crippen LogP contribution is -2.21. The van der Waals surface area contributed by atoms with Crippen molar-refractivity contribution in [2.24, 2.45) is 14.1 Å². The predicted molar refractivity (Wildman–Crippen MR) is 69.0 cm³/mol. The molecule has 0 atom stereocenters. The van der Waals surface area contributed by atoms with Crippen LogP contribution in [0.3, 0.4) is 0 Å². The van der Waals surface area contributed by atoms with E-state index in [-0.39, 0.29) is 23.3 Å². The van der Waals surface area contributed by atoms with Gasteiger partial charge in [-0.1, -0.05) is 0 Å². The molecule has 0 radical (unpaired) electrons. The number of alkyl halides is 2. The summed E-state index contributed by atoms with van der Waals surface area (Å²) in [5.74, 6) is -0.940. The molecule has 0 aromatic carbocycles. The Balaban J connectivity index is 2.16. The Morgan fingerprint density at radius 1 is 1.43 bits per heavy atom. The van der Waals surface area contributed by atoms with Crippen LogP contribution in [0.4, 0.5) is 8.78 Å². The second kappa shape index (κ2) is 5.86. The third-order valence-corrected chi connectivity index (χ3v) is 2.97. The average molecular weight is 297 g/mol. The Bertz CT molecular complexity index is 722. The molecule has 112 valence electrons. The summed E-state index contributed by atoms with van der Waals surface area (Å²) in [5, 5.41) is 3.62. The molecule has 0 saturated heterocycles. The summed E-state index contributed by atoms with van der Waals surface area (Å²) >= 11 is 0. The van der Waals surface area contributed by atoms with Crippen molar-refractivity contribution in [3.63, 3.8) is 0 Å². The highest BCUT2D eigenvalue weighted by Gasteiger charge is 2.24. The minimum atomic E-state index is -2.84. The first-order valence-electron chi connectivity index (χ1n) is 6.03. The lowest BCUT2D eigenvalue weighted by molar-refractivity contribution is 0.0459. The Morgan fingerprint density at radius 3 is 2.81 bits per heavy atom. The normalized spacial score (nSPS) is 10.9. The van der Waals surface area contributed by atoms with E-state index in [1.54, 1.807) is 19.3 Å². The maximum atomic E-state index is 12.8. The van der Waals surface area contributed by atoms with Gasteiger partial charge in [0.1, 0.15) is 17.9 Å². The third kappa shape index (κ3) is 2.99. The molecule has 0 saturated carbocycles. The van der Waals surface area contributed by atoms with Gasteiger partial charge in [-0.25, -0.2) is 13.6 Å². The van der Waals surface area contributed by atoms with Crippen molar-refractivity contribution in [2.45, 2.75) is 13.0 Å². The summed E-state index contributed by atoms with van der Waals surface area (Å²) in [4.78, 5) is 23.6. The van der Waals surface area contributed by atoms with E-state index < -0.39 is 18.1 Å². The quantitative estimate of drug-likeness (QED) is 0.800. The van der Waals surface area contributed by atoms with Crippen molar-refractivity contribution in [3.8, 4) is 0 Å². The average Bonchev–Trinajstić information content (AvgIpc) is 2.82. The van der Waals surface area contributed by atoms with E-state index in [9.17, 15) is 18.4 Å². The highest BCUT2D eigenvalue weighted by Crippen LogP contribution is 2.22. The standard InChI is InChI=1S/C13H13F2N3O3/c1-17-5-3-4-8(12(17)19)7-21-13(20)9-6-16-18(2)10(9)11(14)15/h3-6,11H,7H2,1-2H3. The highest BCUT2D eigenvalue weighted by molar-refractivity contribution is 5.90. The second-order valence-electron chi connectivity index (χ2n) is 4.39. The van der Waals surface area contributed by atoms with Gasteiger partial charge in [0.2, 0.25) is 0 Å². The number of nitrogens with zero attached hydrogens (tertiary/aromatic N) is 3. The minimum Gasteiger partial charge on any atom is -0.457 e. The minimum absolute atomic E-state index is 0.260. The van der Waals surface area contributed by atoms with Gasteiger partial charge in [0, 0.05) is 20.3 Å². The number of halogens is 2. The molecule has 2 heterocycles. The Kier molecular flexibility index (Phi) is 4.15. The molecular formula is C13H13F2N3O3. The van der Waals surface area contributed by atoms with Gasteiger partial charge in [-0.15, -0.1) is 0 Å². The number of aryl methyl sites for hydroxylation is 2. The molecule has 2 rings (SSSR count). The van der Waals surface area contributed by atoms with Crippen LogP contribution < -0.4 is 5.56 Å². The van der Waals surface area contributed by atoms with Crippen LogP contribution in [-0.2, 0) is 25.4 Å². The number of esters is 1. The summed E-state index contributed by atoms with van der Waals surface area (Å²) in [6.07, 6.45) is -0.263. The monoisotopic (exact) mass is 297 g/mol. The van der Waals surface area contributed by atoms with Crippen LogP contribution in [0, 0.1) is 0 Å². The summed E-state index contributed by atoms with van der Waals surface area (Å²) in [6, 6.07) is 3.13. The van der Waals surface area contributed by atoms with Gasteiger partial charge in [-0.05, 0) is 12.1 Å². The van der Waals surface area contributed by atoms with Crippen molar-refractivity contribution < 1.29 is 18.3 Å². The molecule has 6 nitrogen and oxygen atoms in total. The van der Waals surface area contributed by atoms with Crippen LogP contribution >= 0.6 is 0 Å². The highest BCUT2D eigenvalue weighted by atomic mass is 19.3. The molecule has 8 heteroatoms. The number of rotatable bonds is 4. The summed E-state index contributed by atoms with van der Waals surface area (Å²) in [6.45, 7) is -0.288. The van der Waals surface area contributed by atoms with E-state index >= 15 is 0 Å². The summed E-state index contributed by atoms with van der Waals surface area (Å²) in [7, 11) is 2.87. The zero-order valence-electron chi connectivity index (χ0n) is 11.4. The molecular weight excluding hydrogens is 284 g/mol. The van der Waals surface area contributed by atoms with Crippen LogP contribution in [0.15, 0.2) is 29.3 Å². The number of carbonyl (C=O) groups is 1. The Hall–Kier alpha value is -2.51. The fraction of sp³-hybridized carbons (Fsp3) is 0.308. The molecule has 21 heavy (non-hydrogen) atoms. The molecule has 0 amide bonds. The molecule has 2 aromatic rings. The van der Waals surface area contributed by atoms with E-state index in [4.69, 9.17) is 4.74 Å². The first-order valence-corrected chi connectivity index (χ1v) is 6.03. The van der Waals surface area contributed by atoms with Crippen LogP contribution in [0.1, 0.15) is 28.0 Å². The number of hydrogen-bond donors (Lipinski definition) is 0. The van der Waals surface area contributed by atoms with Gasteiger partial charge < -0.3 is 9.30 Å². The van der Waals surface area contributed by atoms with E-state index in [0.717, 1.165) is 10.9 Å². The number of aromatic nitrogens is 3. The van der Waals surface area contributed by atoms with E-state index in [1.807, 2.05) is 0 Å². The molecule has 0 bridgehead atoms. The molecule has 0 spiro atoms. The first-order chi connectivity index (χ1) is 9.91. The van der Waals surface area contributed by atoms with Crippen molar-refractivity contribution in [3.05, 3.63) is 51.7 Å². The molecule has 0 fully saturated rings. The molecule has 0 N–H and O–H groups in total. The zero-order chi connectivity index (χ0) is 15.6. The molecule has 0 unspecified atom stereocenters. The predicted octanol–water partition coefficient (Wildman–Crippen LogP) is 1.41. The van der Waals surface area contributed by atoms with Gasteiger partial charge in [-0.2, -0.15) is 5.10 Å². The van der Waals surface area contributed by atoms with E-state index in [2.05, 4.69) is 5.10 Å². The smallest absolute Gasteiger partial charge is 0.342 e. The molecule has 0 aliphatic rings. The van der Waals surface area contributed by atoms with Crippen molar-refractivity contribution in [1.82, 2.24) is 14.3 Å². The van der Waals surface area contributed by atoms with Gasteiger partial charge >= 0.3 is 5.97 Å². The van der Waals surface area contributed by atoms with Crippen molar-refractivity contribution in [2.75, 3.05) is 0 Å². The lowest BCUT2D eigenvalue weighted by Gasteiger charge is -2.07. The number of ether oxygens (including phenoxy) is 1. The fourth-order valence-corrected chi connectivity index (χ4v) is 1.85. The van der Waals surface area contributed by atoms with Gasteiger partial charge in [0.15, 0.2) is 0 Å². The molecule has 0 aliphatic heterocycles. The first kappa shape index (κ1) is 14.9. The van der Waals surface area contributed by atoms with Crippen LogP contribution in [-0.4, -0.2) is 20.3 Å². The van der Waals surface area contributed by atoms with Crippen LogP contribution in [0.5, 0.6) is 0 Å². The van der Waals surface area contributed by atoms with Gasteiger partial charge in [0.05, 0.1) is 11.8 Å². The second-order valence-corrected chi connectivity index (χ2v) is 4.39. The van der Waals surface area contributed by atoms with E-state index in [1.165, 1.54) is 17.7 Å². The molecule has 0 aliphatic carbocycles. The van der Waals surface area contributed by atoms with E-state index in [0.29, 0.717) is 0 Å². The van der Waals surface area contributed by atoms with Crippen molar-refractivity contribution in [1.29, 1.82) is 0 Å². The molecule has 2 aromatic heterocycles. The maximum absolute atomic E-state index is 12.8. The number of pyridine rings is 1. The number of hydrogen-bond acceptors (Lipinski definition) is 4. The van der Waals surface area contributed by atoms with Gasteiger partial charge in [-0.3, -0.25) is 9.48 Å². The largest absolute Gasteiger partial charge is 0.457 e. The lowest BCUT2D eigenvalue weighted by atomic mass is 10.2. The third-order valence-electron chi connectivity index (χ3n) is 2.97. The maximum Gasteiger partial charge on any atom is 0.342 e. The Morgan fingerprint density at radius 2 is 2.14 bits per heavy atom. The summed E-state index contributed by atoms with van der Waals surface area (Å²) in [5.41, 5.74) is -0.873. The van der Waals surface area contributed by atoms with Crippen LogP contribution in [0.2, 0.25) is 0 Å². The number of carbonyl (C=O) groups excluding carboxylic acids is 1. The topological polar surface area (TPSA) is 66.1 Å².